The zero-order valence-corrected chi connectivity index (χ0v) is 17.2. The zero-order chi connectivity index (χ0) is 20.3. The summed E-state index contributed by atoms with van der Waals surface area (Å²) in [6.07, 6.45) is -0.757. The van der Waals surface area contributed by atoms with Crippen LogP contribution in [-0.4, -0.2) is 35.4 Å². The van der Waals surface area contributed by atoms with E-state index in [9.17, 15) is 14.4 Å². The Kier molecular flexibility index (Phi) is 6.21. The molecule has 2 aromatic rings. The molecule has 2 aromatic carbocycles. The van der Waals surface area contributed by atoms with Crippen molar-refractivity contribution in [3.63, 3.8) is 0 Å². The van der Waals surface area contributed by atoms with E-state index in [0.29, 0.717) is 20.9 Å². The second kappa shape index (κ2) is 8.62. The van der Waals surface area contributed by atoms with Gasteiger partial charge in [0.05, 0.1) is 17.6 Å². The van der Waals surface area contributed by atoms with E-state index in [1.807, 2.05) is 0 Å². The van der Waals surface area contributed by atoms with Crippen LogP contribution in [0.25, 0.3) is 0 Å². The SMILES string of the molecule is CC(Oc1ccc(Cl)cc1Br)C(=O)Nc1cccc(CN2C(=O)CNC2=O)c1. The smallest absolute Gasteiger partial charge is 0.324 e. The maximum Gasteiger partial charge on any atom is 0.324 e. The number of hydrogen-bond donors (Lipinski definition) is 2. The Morgan fingerprint density at radius 1 is 1.32 bits per heavy atom. The summed E-state index contributed by atoms with van der Waals surface area (Å²) in [6, 6.07) is 11.6. The van der Waals surface area contributed by atoms with Crippen molar-refractivity contribution in [2.45, 2.75) is 19.6 Å². The van der Waals surface area contributed by atoms with Crippen molar-refractivity contribution >= 4 is 51.1 Å². The van der Waals surface area contributed by atoms with E-state index in [2.05, 4.69) is 26.6 Å². The van der Waals surface area contributed by atoms with Crippen LogP contribution in [0.3, 0.4) is 0 Å². The molecule has 0 aliphatic carbocycles. The van der Waals surface area contributed by atoms with Gasteiger partial charge in [0.2, 0.25) is 5.91 Å². The minimum Gasteiger partial charge on any atom is -0.480 e. The van der Waals surface area contributed by atoms with E-state index in [-0.39, 0.29) is 24.9 Å². The highest BCUT2D eigenvalue weighted by molar-refractivity contribution is 9.10. The Balaban J connectivity index is 1.63. The van der Waals surface area contributed by atoms with Crippen LogP contribution in [0.4, 0.5) is 10.5 Å². The average molecular weight is 467 g/mol. The van der Waals surface area contributed by atoms with Gasteiger partial charge in [-0.1, -0.05) is 23.7 Å². The molecule has 28 heavy (non-hydrogen) atoms. The summed E-state index contributed by atoms with van der Waals surface area (Å²) in [5.74, 6) is -0.122. The van der Waals surface area contributed by atoms with Gasteiger partial charge in [0, 0.05) is 10.7 Å². The fraction of sp³-hybridized carbons (Fsp3) is 0.211. The number of nitrogens with one attached hydrogen (secondary N) is 2. The number of benzene rings is 2. The third-order valence-corrected chi connectivity index (χ3v) is 4.89. The number of nitrogens with zero attached hydrogens (tertiary/aromatic N) is 1. The van der Waals surface area contributed by atoms with E-state index in [1.54, 1.807) is 49.4 Å². The van der Waals surface area contributed by atoms with Crippen molar-refractivity contribution < 1.29 is 19.1 Å². The standard InChI is InChI=1S/C19H17BrClN3O4/c1-11(28-16-6-5-13(21)8-15(16)20)18(26)23-14-4-2-3-12(7-14)10-24-17(25)9-22-19(24)27/h2-8,11H,9-10H2,1H3,(H,22,27)(H,23,26). The van der Waals surface area contributed by atoms with Gasteiger partial charge in [-0.25, -0.2) is 4.79 Å². The summed E-state index contributed by atoms with van der Waals surface area (Å²) in [7, 11) is 0. The topological polar surface area (TPSA) is 87.7 Å². The molecule has 1 atom stereocenters. The lowest BCUT2D eigenvalue weighted by Crippen LogP contribution is -2.31. The number of urea groups is 1. The number of imide groups is 1. The van der Waals surface area contributed by atoms with Crippen LogP contribution in [0.1, 0.15) is 12.5 Å². The normalized spacial score (nSPS) is 14.6. The lowest BCUT2D eigenvalue weighted by Gasteiger charge is -2.17. The molecule has 0 saturated carbocycles. The summed E-state index contributed by atoms with van der Waals surface area (Å²) in [5.41, 5.74) is 1.26. The maximum absolute atomic E-state index is 12.4. The molecule has 7 nitrogen and oxygen atoms in total. The Morgan fingerprint density at radius 2 is 2.11 bits per heavy atom. The molecule has 1 unspecified atom stereocenters. The first-order valence-corrected chi connectivity index (χ1v) is 9.60. The number of halogens is 2. The number of anilines is 1. The van der Waals surface area contributed by atoms with Crippen LogP contribution in [-0.2, 0) is 16.1 Å². The van der Waals surface area contributed by atoms with E-state index >= 15 is 0 Å². The van der Waals surface area contributed by atoms with Crippen molar-refractivity contribution in [3.8, 4) is 5.75 Å². The van der Waals surface area contributed by atoms with Crippen LogP contribution in [0, 0.1) is 0 Å². The molecule has 4 amide bonds. The van der Waals surface area contributed by atoms with Crippen LogP contribution in [0.2, 0.25) is 5.02 Å². The summed E-state index contributed by atoms with van der Waals surface area (Å²) >= 11 is 9.25. The van der Waals surface area contributed by atoms with Gasteiger partial charge in [0.1, 0.15) is 5.75 Å². The number of ether oxygens (including phenoxy) is 1. The number of carbonyl (C=O) groups is 3. The van der Waals surface area contributed by atoms with Gasteiger partial charge in [-0.05, 0) is 58.7 Å². The van der Waals surface area contributed by atoms with E-state index in [1.165, 1.54) is 0 Å². The number of rotatable bonds is 6. The molecular formula is C19H17BrClN3O4. The lowest BCUT2D eigenvalue weighted by atomic mass is 10.2. The first kappa shape index (κ1) is 20.2. The Labute approximate surface area is 175 Å². The maximum atomic E-state index is 12.4. The number of hydrogen-bond acceptors (Lipinski definition) is 4. The Morgan fingerprint density at radius 3 is 2.79 bits per heavy atom. The third-order valence-electron chi connectivity index (χ3n) is 4.04. The zero-order valence-electron chi connectivity index (χ0n) is 14.9. The molecule has 1 fully saturated rings. The van der Waals surface area contributed by atoms with E-state index < -0.39 is 12.1 Å². The molecular weight excluding hydrogens is 450 g/mol. The average Bonchev–Trinajstić information content (AvgIpc) is 2.96. The highest BCUT2D eigenvalue weighted by atomic mass is 79.9. The van der Waals surface area contributed by atoms with Gasteiger partial charge in [-0.2, -0.15) is 0 Å². The highest BCUT2D eigenvalue weighted by Gasteiger charge is 2.28. The van der Waals surface area contributed by atoms with Gasteiger partial charge in [0.15, 0.2) is 6.10 Å². The quantitative estimate of drug-likeness (QED) is 0.637. The molecule has 0 spiro atoms. The predicted molar refractivity (Wildman–Crippen MR) is 108 cm³/mol. The first-order chi connectivity index (χ1) is 13.3. The Hall–Kier alpha value is -2.58. The largest absolute Gasteiger partial charge is 0.480 e. The van der Waals surface area contributed by atoms with Crippen molar-refractivity contribution in [2.24, 2.45) is 0 Å². The van der Waals surface area contributed by atoms with Crippen LogP contribution in [0.15, 0.2) is 46.9 Å². The molecule has 2 N–H and O–H groups in total. The fourth-order valence-electron chi connectivity index (χ4n) is 2.60. The molecule has 1 saturated heterocycles. The van der Waals surface area contributed by atoms with E-state index in [0.717, 1.165) is 10.5 Å². The van der Waals surface area contributed by atoms with Crippen LogP contribution >= 0.6 is 27.5 Å². The third kappa shape index (κ3) is 4.82. The highest BCUT2D eigenvalue weighted by Crippen LogP contribution is 2.29. The molecule has 1 heterocycles. The summed E-state index contributed by atoms with van der Waals surface area (Å²) in [5, 5.41) is 5.80. The van der Waals surface area contributed by atoms with Gasteiger partial charge in [-0.15, -0.1) is 0 Å². The second-order valence-electron chi connectivity index (χ2n) is 6.16. The van der Waals surface area contributed by atoms with Gasteiger partial charge >= 0.3 is 6.03 Å². The summed E-state index contributed by atoms with van der Waals surface area (Å²) < 4.78 is 6.33. The van der Waals surface area contributed by atoms with Crippen LogP contribution < -0.4 is 15.4 Å². The molecule has 146 valence electrons. The molecule has 0 bridgehead atoms. The molecule has 9 heteroatoms. The number of amides is 4. The predicted octanol–water partition coefficient (Wildman–Crippen LogP) is 3.56. The molecule has 0 aromatic heterocycles. The molecule has 1 aliphatic rings. The molecule has 3 rings (SSSR count). The number of carbonyl (C=O) groups excluding carboxylic acids is 3. The van der Waals surface area contributed by atoms with Crippen LogP contribution in [0.5, 0.6) is 5.75 Å². The van der Waals surface area contributed by atoms with Crippen molar-refractivity contribution in [2.75, 3.05) is 11.9 Å². The molecule has 0 radical (unpaired) electrons. The van der Waals surface area contributed by atoms with Gasteiger partial charge in [0.25, 0.3) is 5.91 Å². The van der Waals surface area contributed by atoms with Crippen molar-refractivity contribution in [1.29, 1.82) is 0 Å². The van der Waals surface area contributed by atoms with Gasteiger partial charge in [-0.3, -0.25) is 14.5 Å². The minimum atomic E-state index is -0.757. The summed E-state index contributed by atoms with van der Waals surface area (Å²) in [6.45, 7) is 1.77. The summed E-state index contributed by atoms with van der Waals surface area (Å²) in [4.78, 5) is 36.9. The lowest BCUT2D eigenvalue weighted by molar-refractivity contribution is -0.125. The fourth-order valence-corrected chi connectivity index (χ4v) is 3.38. The monoisotopic (exact) mass is 465 g/mol. The minimum absolute atomic E-state index is 0.00434. The van der Waals surface area contributed by atoms with Gasteiger partial charge < -0.3 is 15.4 Å². The molecule has 1 aliphatic heterocycles. The van der Waals surface area contributed by atoms with E-state index in [4.69, 9.17) is 16.3 Å². The Bertz CT molecular complexity index is 921. The second-order valence-corrected chi connectivity index (χ2v) is 7.45. The van der Waals surface area contributed by atoms with Crippen molar-refractivity contribution in [1.82, 2.24) is 10.2 Å². The van der Waals surface area contributed by atoms with Crippen molar-refractivity contribution in [3.05, 3.63) is 57.5 Å². The first-order valence-electron chi connectivity index (χ1n) is 8.43.